The zero-order valence-electron chi connectivity index (χ0n) is 12.6. The topological polar surface area (TPSA) is 65.1 Å². The second-order valence-electron chi connectivity index (χ2n) is 5.24. The van der Waals surface area contributed by atoms with Crippen LogP contribution in [0.5, 0.6) is 0 Å². The van der Waals surface area contributed by atoms with E-state index in [-0.39, 0.29) is 6.54 Å². The van der Waals surface area contributed by atoms with Crippen molar-refractivity contribution in [2.45, 2.75) is 18.4 Å². The summed E-state index contributed by atoms with van der Waals surface area (Å²) in [6.07, 6.45) is 7.79. The largest absolute Gasteiger partial charge is 0.378 e. The molecule has 3 rings (SSSR count). The molecule has 0 radical (unpaired) electrons. The summed E-state index contributed by atoms with van der Waals surface area (Å²) < 4.78 is 8.96. The summed E-state index contributed by atoms with van der Waals surface area (Å²) >= 11 is 5.97. The molecule has 0 aliphatic rings. The lowest BCUT2D eigenvalue weighted by Crippen LogP contribution is -2.42. The smallest absolute Gasteiger partial charge is 0.184 e. The maximum absolute atomic E-state index is 11.5. The molecule has 2 aromatic heterocycles. The molecule has 2 atom stereocenters. The SMILES string of the molecule is CO[C@@H](n1cccn1)[C@@](O)(Cn1ccnc1)c1ccc(Cl)cc1. The van der Waals surface area contributed by atoms with E-state index in [9.17, 15) is 5.11 Å². The maximum atomic E-state index is 11.5. The Morgan fingerprint density at radius 3 is 2.61 bits per heavy atom. The van der Waals surface area contributed by atoms with Crippen molar-refractivity contribution in [3.63, 3.8) is 0 Å². The fourth-order valence-electron chi connectivity index (χ4n) is 2.65. The minimum absolute atomic E-state index is 0.257. The Labute approximate surface area is 138 Å². The van der Waals surface area contributed by atoms with E-state index < -0.39 is 11.8 Å². The first-order valence-electron chi connectivity index (χ1n) is 7.09. The van der Waals surface area contributed by atoms with Gasteiger partial charge >= 0.3 is 0 Å². The average molecular weight is 333 g/mol. The van der Waals surface area contributed by atoms with Crippen molar-refractivity contribution in [1.29, 1.82) is 0 Å². The Balaban J connectivity index is 2.06. The van der Waals surface area contributed by atoms with E-state index in [0.29, 0.717) is 10.6 Å². The van der Waals surface area contributed by atoms with Crippen LogP contribution in [0.3, 0.4) is 0 Å². The number of nitrogens with zero attached hydrogens (tertiary/aromatic N) is 4. The van der Waals surface area contributed by atoms with E-state index in [1.165, 1.54) is 0 Å². The Kier molecular flexibility index (Phi) is 4.47. The van der Waals surface area contributed by atoms with Crippen LogP contribution in [0.4, 0.5) is 0 Å². The number of halogens is 1. The van der Waals surface area contributed by atoms with E-state index in [4.69, 9.17) is 16.3 Å². The van der Waals surface area contributed by atoms with Crippen LogP contribution >= 0.6 is 11.6 Å². The predicted octanol–water partition coefficient (Wildman–Crippen LogP) is 2.47. The molecule has 0 aliphatic carbocycles. The number of benzene rings is 1. The highest BCUT2D eigenvalue weighted by atomic mass is 35.5. The molecule has 6 nitrogen and oxygen atoms in total. The van der Waals surface area contributed by atoms with Crippen molar-refractivity contribution in [3.05, 3.63) is 72.0 Å². The van der Waals surface area contributed by atoms with Crippen LogP contribution in [-0.4, -0.2) is 31.5 Å². The van der Waals surface area contributed by atoms with Gasteiger partial charge in [0.25, 0.3) is 0 Å². The van der Waals surface area contributed by atoms with Crippen LogP contribution < -0.4 is 0 Å². The molecule has 1 aromatic carbocycles. The molecular formula is C16H17ClN4O2. The van der Waals surface area contributed by atoms with Crippen molar-refractivity contribution in [1.82, 2.24) is 19.3 Å². The number of imidazole rings is 1. The first-order valence-corrected chi connectivity index (χ1v) is 7.47. The number of aromatic nitrogens is 4. The van der Waals surface area contributed by atoms with E-state index in [2.05, 4.69) is 10.1 Å². The quantitative estimate of drug-likeness (QED) is 0.753. The van der Waals surface area contributed by atoms with Crippen molar-refractivity contribution < 1.29 is 9.84 Å². The van der Waals surface area contributed by atoms with Gasteiger partial charge in [-0.05, 0) is 23.8 Å². The number of hydrogen-bond donors (Lipinski definition) is 1. The number of ether oxygens (including phenoxy) is 1. The molecule has 0 saturated carbocycles. The van der Waals surface area contributed by atoms with Gasteiger partial charge in [-0.25, -0.2) is 9.67 Å². The van der Waals surface area contributed by atoms with E-state index in [1.54, 1.807) is 77.8 Å². The van der Waals surface area contributed by atoms with Gasteiger partial charge in [-0.2, -0.15) is 5.10 Å². The summed E-state index contributed by atoms with van der Waals surface area (Å²) in [6, 6.07) is 8.84. The lowest BCUT2D eigenvalue weighted by Gasteiger charge is -2.36. The highest BCUT2D eigenvalue weighted by molar-refractivity contribution is 6.30. The summed E-state index contributed by atoms with van der Waals surface area (Å²) in [6.45, 7) is 0.257. The van der Waals surface area contributed by atoms with Gasteiger partial charge in [0, 0.05) is 36.9 Å². The van der Waals surface area contributed by atoms with Gasteiger partial charge in [0.15, 0.2) is 11.8 Å². The van der Waals surface area contributed by atoms with Gasteiger partial charge in [0.05, 0.1) is 12.9 Å². The van der Waals surface area contributed by atoms with Gasteiger partial charge in [-0.3, -0.25) is 0 Å². The minimum atomic E-state index is -1.36. The summed E-state index contributed by atoms with van der Waals surface area (Å²) in [4.78, 5) is 4.03. The van der Waals surface area contributed by atoms with Crippen molar-refractivity contribution in [2.75, 3.05) is 7.11 Å². The van der Waals surface area contributed by atoms with E-state index in [0.717, 1.165) is 0 Å². The van der Waals surface area contributed by atoms with Crippen LogP contribution in [0.25, 0.3) is 0 Å². The van der Waals surface area contributed by atoms with Crippen molar-refractivity contribution in [2.24, 2.45) is 0 Å². The summed E-state index contributed by atoms with van der Waals surface area (Å²) in [5.41, 5.74) is -0.676. The Bertz CT molecular complexity index is 728. The van der Waals surface area contributed by atoms with Crippen LogP contribution in [-0.2, 0) is 16.9 Å². The molecule has 120 valence electrons. The highest BCUT2D eigenvalue weighted by Crippen LogP contribution is 2.36. The molecule has 0 unspecified atom stereocenters. The third-order valence-corrected chi connectivity index (χ3v) is 3.98. The lowest BCUT2D eigenvalue weighted by atomic mass is 9.91. The van der Waals surface area contributed by atoms with Gasteiger partial charge < -0.3 is 14.4 Å². The molecule has 3 aromatic rings. The Hall–Kier alpha value is -2.15. The van der Waals surface area contributed by atoms with E-state index >= 15 is 0 Å². The standard InChI is InChI=1S/C16H17ClN4O2/c1-23-15(21-9-2-7-19-21)16(22,11-20-10-8-18-12-20)13-3-5-14(17)6-4-13/h2-10,12,15,22H,11H2,1H3/t15-,16-/m1/s1. The number of hydrogen-bond acceptors (Lipinski definition) is 4. The molecule has 23 heavy (non-hydrogen) atoms. The Morgan fingerprint density at radius 1 is 1.26 bits per heavy atom. The minimum Gasteiger partial charge on any atom is -0.378 e. The van der Waals surface area contributed by atoms with Crippen LogP contribution in [0.1, 0.15) is 11.8 Å². The lowest BCUT2D eigenvalue weighted by molar-refractivity contribution is -0.152. The third-order valence-electron chi connectivity index (χ3n) is 3.72. The first-order chi connectivity index (χ1) is 11.1. The first kappa shape index (κ1) is 15.7. The Morgan fingerprint density at radius 2 is 2.04 bits per heavy atom. The summed E-state index contributed by atoms with van der Waals surface area (Å²) in [5, 5.41) is 16.3. The maximum Gasteiger partial charge on any atom is 0.184 e. The zero-order valence-corrected chi connectivity index (χ0v) is 13.3. The van der Waals surface area contributed by atoms with Crippen molar-refractivity contribution >= 4 is 11.6 Å². The third kappa shape index (κ3) is 3.14. The number of methoxy groups -OCH3 is 1. The molecule has 0 bridgehead atoms. The molecule has 0 fully saturated rings. The average Bonchev–Trinajstić information content (AvgIpc) is 3.22. The highest BCUT2D eigenvalue weighted by Gasteiger charge is 2.41. The van der Waals surface area contributed by atoms with Crippen LogP contribution in [0.2, 0.25) is 5.02 Å². The van der Waals surface area contributed by atoms with Gasteiger partial charge in [-0.15, -0.1) is 0 Å². The van der Waals surface area contributed by atoms with Gasteiger partial charge in [0.1, 0.15) is 0 Å². The molecule has 2 heterocycles. The zero-order chi connectivity index (χ0) is 16.3. The molecule has 0 amide bonds. The number of rotatable bonds is 6. The number of aliphatic hydroxyl groups is 1. The predicted molar refractivity (Wildman–Crippen MR) is 85.8 cm³/mol. The van der Waals surface area contributed by atoms with E-state index in [1.807, 2.05) is 0 Å². The second-order valence-corrected chi connectivity index (χ2v) is 5.68. The molecule has 1 N–H and O–H groups in total. The fraction of sp³-hybridized carbons (Fsp3) is 0.250. The van der Waals surface area contributed by atoms with Crippen LogP contribution in [0.15, 0.2) is 61.4 Å². The monoisotopic (exact) mass is 332 g/mol. The molecular weight excluding hydrogens is 316 g/mol. The van der Waals surface area contributed by atoms with Gasteiger partial charge in [-0.1, -0.05) is 23.7 Å². The summed E-state index contributed by atoms with van der Waals surface area (Å²) in [7, 11) is 1.54. The normalized spacial score (nSPS) is 15.3. The molecule has 0 aliphatic heterocycles. The fourth-order valence-corrected chi connectivity index (χ4v) is 2.78. The van der Waals surface area contributed by atoms with Crippen molar-refractivity contribution in [3.8, 4) is 0 Å². The summed E-state index contributed by atoms with van der Waals surface area (Å²) in [5.74, 6) is 0. The van der Waals surface area contributed by atoms with Crippen LogP contribution in [0, 0.1) is 0 Å². The molecule has 7 heteroatoms. The molecule has 0 spiro atoms. The molecule has 0 saturated heterocycles. The second kappa shape index (κ2) is 6.54. The van der Waals surface area contributed by atoms with Gasteiger partial charge in [0.2, 0.25) is 0 Å².